The van der Waals surface area contributed by atoms with Crippen LogP contribution in [0.1, 0.15) is 51.9 Å². The Kier molecular flexibility index (Phi) is 5.68. The van der Waals surface area contributed by atoms with Gasteiger partial charge in [-0.3, -0.25) is 4.79 Å². The maximum atomic E-state index is 12.3. The van der Waals surface area contributed by atoms with Crippen molar-refractivity contribution in [2.75, 3.05) is 19.7 Å². The van der Waals surface area contributed by atoms with Crippen molar-refractivity contribution in [3.63, 3.8) is 0 Å². The molecule has 1 aliphatic carbocycles. The molecular weight excluding hydrogens is 256 g/mol. The van der Waals surface area contributed by atoms with Crippen LogP contribution in [0, 0.1) is 5.92 Å². The number of hydrogen-bond acceptors (Lipinski definition) is 3. The Morgan fingerprint density at radius 2 is 1.95 bits per heavy atom. The average molecular weight is 282 g/mol. The molecule has 2 rings (SSSR count). The minimum Gasteiger partial charge on any atom is -0.450 e. The van der Waals surface area contributed by atoms with Crippen molar-refractivity contribution in [3.05, 3.63) is 0 Å². The first-order valence-electron chi connectivity index (χ1n) is 7.92. The molecule has 1 N–H and O–H groups in total. The molecule has 0 spiro atoms. The summed E-state index contributed by atoms with van der Waals surface area (Å²) in [4.78, 5) is 25.6. The number of alkyl carbamates (subject to hydrolysis) is 1. The number of amides is 2. The summed E-state index contributed by atoms with van der Waals surface area (Å²) in [5, 5.41) is 2.62. The number of ether oxygens (including phenoxy) is 1. The van der Waals surface area contributed by atoms with E-state index >= 15 is 0 Å². The molecule has 0 bridgehead atoms. The summed E-state index contributed by atoms with van der Waals surface area (Å²) in [6.45, 7) is 3.38. The number of fused-ring (bicyclic) bond motifs is 1. The predicted octanol–water partition coefficient (Wildman–Crippen LogP) is 2.30. The molecule has 114 valence electrons. The van der Waals surface area contributed by atoms with Crippen molar-refractivity contribution >= 4 is 12.0 Å². The number of nitrogens with one attached hydrogen (secondary N) is 1. The van der Waals surface area contributed by atoms with E-state index in [2.05, 4.69) is 10.2 Å². The second-order valence-electron chi connectivity index (χ2n) is 5.74. The van der Waals surface area contributed by atoms with Crippen molar-refractivity contribution in [2.24, 2.45) is 5.92 Å². The van der Waals surface area contributed by atoms with E-state index in [1.54, 1.807) is 6.92 Å². The molecule has 2 aliphatic rings. The molecule has 0 aromatic carbocycles. The lowest BCUT2D eigenvalue weighted by Crippen LogP contribution is -2.50. The van der Waals surface area contributed by atoms with Crippen LogP contribution in [-0.2, 0) is 9.53 Å². The van der Waals surface area contributed by atoms with E-state index in [0.717, 1.165) is 19.4 Å². The maximum Gasteiger partial charge on any atom is 0.407 e. The summed E-state index contributed by atoms with van der Waals surface area (Å²) in [6.07, 6.45) is 7.32. The third-order valence-electron chi connectivity index (χ3n) is 4.45. The van der Waals surface area contributed by atoms with E-state index < -0.39 is 6.09 Å². The van der Waals surface area contributed by atoms with Crippen LogP contribution in [0.4, 0.5) is 4.79 Å². The molecule has 1 heterocycles. The Bertz CT molecular complexity index is 344. The van der Waals surface area contributed by atoms with Crippen molar-refractivity contribution in [2.45, 2.75) is 57.9 Å². The van der Waals surface area contributed by atoms with Crippen LogP contribution >= 0.6 is 0 Å². The van der Waals surface area contributed by atoms with Gasteiger partial charge in [-0.05, 0) is 38.5 Å². The topological polar surface area (TPSA) is 58.6 Å². The first-order chi connectivity index (χ1) is 9.72. The van der Waals surface area contributed by atoms with Crippen molar-refractivity contribution < 1.29 is 14.3 Å². The summed E-state index contributed by atoms with van der Waals surface area (Å²) >= 11 is 0. The lowest BCUT2D eigenvalue weighted by atomic mass is 9.78. The Hall–Kier alpha value is -1.26. The van der Waals surface area contributed by atoms with Crippen LogP contribution in [0.3, 0.4) is 0 Å². The van der Waals surface area contributed by atoms with E-state index in [-0.39, 0.29) is 5.91 Å². The minimum absolute atomic E-state index is 0.179. The van der Waals surface area contributed by atoms with Crippen molar-refractivity contribution in [1.29, 1.82) is 0 Å². The summed E-state index contributed by atoms with van der Waals surface area (Å²) in [5.41, 5.74) is 0. The molecule has 1 aliphatic heterocycles. The largest absolute Gasteiger partial charge is 0.450 e. The van der Waals surface area contributed by atoms with Crippen molar-refractivity contribution in [1.82, 2.24) is 10.2 Å². The monoisotopic (exact) mass is 282 g/mol. The average Bonchev–Trinajstić information content (AvgIpc) is 2.47. The van der Waals surface area contributed by atoms with Gasteiger partial charge in [-0.25, -0.2) is 4.79 Å². The van der Waals surface area contributed by atoms with Gasteiger partial charge >= 0.3 is 6.09 Å². The van der Waals surface area contributed by atoms with E-state index in [1.165, 1.54) is 25.7 Å². The molecular formula is C15H26N2O3. The third kappa shape index (κ3) is 3.87. The molecule has 20 heavy (non-hydrogen) atoms. The number of nitrogens with zero attached hydrogens (tertiary/aromatic N) is 1. The van der Waals surface area contributed by atoms with Gasteiger partial charge in [-0.2, -0.15) is 0 Å². The molecule has 0 radical (unpaired) electrons. The first kappa shape index (κ1) is 15.1. The zero-order chi connectivity index (χ0) is 14.4. The van der Waals surface area contributed by atoms with E-state index in [0.29, 0.717) is 31.5 Å². The summed E-state index contributed by atoms with van der Waals surface area (Å²) in [7, 11) is 0. The fourth-order valence-electron chi connectivity index (χ4n) is 3.53. The number of carbonyl (C=O) groups is 2. The summed E-state index contributed by atoms with van der Waals surface area (Å²) in [6, 6.07) is 0.451. The van der Waals surface area contributed by atoms with E-state index in [9.17, 15) is 9.59 Å². The van der Waals surface area contributed by atoms with Gasteiger partial charge < -0.3 is 15.0 Å². The molecule has 2 amide bonds. The summed E-state index contributed by atoms with van der Waals surface area (Å²) < 4.78 is 4.78. The van der Waals surface area contributed by atoms with Crippen LogP contribution < -0.4 is 5.32 Å². The minimum atomic E-state index is -0.436. The van der Waals surface area contributed by atoms with Gasteiger partial charge in [0.05, 0.1) is 6.61 Å². The van der Waals surface area contributed by atoms with Crippen LogP contribution in [0.15, 0.2) is 0 Å². The zero-order valence-corrected chi connectivity index (χ0v) is 12.4. The third-order valence-corrected chi connectivity index (χ3v) is 4.45. The maximum absolute atomic E-state index is 12.3. The molecule has 5 nitrogen and oxygen atoms in total. The SMILES string of the molecule is CCOC(=O)NCCC(=O)N1CCC[C@H]2CCCC[C@@H]21. The summed E-state index contributed by atoms with van der Waals surface area (Å²) in [5.74, 6) is 0.887. The Morgan fingerprint density at radius 1 is 1.20 bits per heavy atom. The zero-order valence-electron chi connectivity index (χ0n) is 12.4. The van der Waals surface area contributed by atoms with Crippen molar-refractivity contribution in [3.8, 4) is 0 Å². The highest BCUT2D eigenvalue weighted by Crippen LogP contribution is 2.35. The number of carbonyl (C=O) groups excluding carboxylic acids is 2. The molecule has 0 aromatic heterocycles. The Morgan fingerprint density at radius 3 is 2.75 bits per heavy atom. The van der Waals surface area contributed by atoms with Crippen LogP contribution in [-0.4, -0.2) is 42.6 Å². The first-order valence-corrected chi connectivity index (χ1v) is 7.92. The second kappa shape index (κ2) is 7.50. The van der Waals surface area contributed by atoms with Gasteiger partial charge in [0.25, 0.3) is 0 Å². The van der Waals surface area contributed by atoms with Gasteiger partial charge in [-0.15, -0.1) is 0 Å². The molecule has 2 fully saturated rings. The van der Waals surface area contributed by atoms with Crippen LogP contribution in [0.5, 0.6) is 0 Å². The van der Waals surface area contributed by atoms with E-state index in [4.69, 9.17) is 4.74 Å². The highest BCUT2D eigenvalue weighted by atomic mass is 16.5. The fourth-order valence-corrected chi connectivity index (χ4v) is 3.53. The number of piperidine rings is 1. The second-order valence-corrected chi connectivity index (χ2v) is 5.74. The van der Waals surface area contributed by atoms with E-state index in [1.807, 2.05) is 0 Å². The standard InChI is InChI=1S/C15H26N2O3/c1-2-20-15(19)16-10-9-14(18)17-11-5-7-12-6-3-4-8-13(12)17/h12-13H,2-11H2,1H3,(H,16,19)/t12-,13+/m1/s1. The fraction of sp³-hybridized carbons (Fsp3) is 0.867. The lowest BCUT2D eigenvalue weighted by Gasteiger charge is -2.44. The van der Waals surface area contributed by atoms with Crippen LogP contribution in [0.25, 0.3) is 0 Å². The molecule has 1 saturated carbocycles. The van der Waals surface area contributed by atoms with Crippen LogP contribution in [0.2, 0.25) is 0 Å². The lowest BCUT2D eigenvalue weighted by molar-refractivity contribution is -0.137. The van der Waals surface area contributed by atoms with Gasteiger partial charge in [-0.1, -0.05) is 12.8 Å². The number of hydrogen-bond donors (Lipinski definition) is 1. The van der Waals surface area contributed by atoms with Gasteiger partial charge in [0.1, 0.15) is 0 Å². The van der Waals surface area contributed by atoms with Gasteiger partial charge in [0.15, 0.2) is 0 Å². The quantitative estimate of drug-likeness (QED) is 0.860. The smallest absolute Gasteiger partial charge is 0.407 e. The molecule has 0 unspecified atom stereocenters. The number of rotatable bonds is 4. The molecule has 2 atom stereocenters. The molecule has 0 aromatic rings. The Balaban J connectivity index is 1.77. The highest BCUT2D eigenvalue weighted by molar-refractivity contribution is 5.77. The van der Waals surface area contributed by atoms with Gasteiger partial charge in [0, 0.05) is 25.6 Å². The van der Waals surface area contributed by atoms with Gasteiger partial charge in [0.2, 0.25) is 5.91 Å². The normalized spacial score (nSPS) is 25.8. The highest BCUT2D eigenvalue weighted by Gasteiger charge is 2.35. The number of likely N-dealkylation sites (tertiary alicyclic amines) is 1. The molecule has 5 heteroatoms. The predicted molar refractivity (Wildman–Crippen MR) is 76.3 cm³/mol. The molecule has 1 saturated heterocycles. The Labute approximate surface area is 121 Å².